The topological polar surface area (TPSA) is 139 Å². The predicted octanol–water partition coefficient (Wildman–Crippen LogP) is 4.70. The average molecular weight is 484 g/mol. The van der Waals surface area contributed by atoms with Gasteiger partial charge in [0.05, 0.1) is 16.6 Å². The van der Waals surface area contributed by atoms with Crippen LogP contribution in [0.3, 0.4) is 0 Å². The number of oxazole rings is 1. The number of halogens is 3. The fourth-order valence-corrected chi connectivity index (χ4v) is 3.95. The van der Waals surface area contributed by atoms with Crippen LogP contribution in [0.25, 0.3) is 11.1 Å². The molecule has 2 aromatic heterocycles. The van der Waals surface area contributed by atoms with Crippen LogP contribution in [0, 0.1) is 6.92 Å². The van der Waals surface area contributed by atoms with Gasteiger partial charge in [-0.05, 0) is 61.6 Å². The second kappa shape index (κ2) is 8.15. The van der Waals surface area contributed by atoms with Crippen LogP contribution in [0.1, 0.15) is 45.8 Å². The largest absolute Gasteiger partial charge is 0.417 e. The molecule has 9 nitrogen and oxygen atoms in total. The summed E-state index contributed by atoms with van der Waals surface area (Å²) in [6.45, 7) is 1.77. The van der Waals surface area contributed by atoms with E-state index in [9.17, 15) is 22.8 Å². The van der Waals surface area contributed by atoms with Gasteiger partial charge in [-0.15, -0.1) is 0 Å². The Kier molecular flexibility index (Phi) is 5.23. The van der Waals surface area contributed by atoms with E-state index in [4.69, 9.17) is 10.2 Å². The number of amides is 1. The number of aromatic amines is 1. The van der Waals surface area contributed by atoms with Gasteiger partial charge in [0.1, 0.15) is 5.82 Å². The van der Waals surface area contributed by atoms with Gasteiger partial charge in [0, 0.05) is 23.1 Å². The summed E-state index contributed by atoms with van der Waals surface area (Å²) in [5.74, 6) is -1.59. The molecular formula is C23H19F3N6O3. The van der Waals surface area contributed by atoms with Crippen molar-refractivity contribution in [3.63, 3.8) is 0 Å². The van der Waals surface area contributed by atoms with E-state index in [1.54, 1.807) is 25.1 Å². The number of carbonyl (C=O) groups excluding carboxylic acids is 1. The number of H-pyrrole nitrogens is 1. The highest BCUT2D eigenvalue weighted by molar-refractivity contribution is 5.96. The van der Waals surface area contributed by atoms with Crippen LogP contribution >= 0.6 is 0 Å². The van der Waals surface area contributed by atoms with Crippen molar-refractivity contribution in [2.45, 2.75) is 31.9 Å². The van der Waals surface area contributed by atoms with Crippen molar-refractivity contribution in [2.24, 2.45) is 5.73 Å². The molecule has 35 heavy (non-hydrogen) atoms. The number of alkyl halides is 3. The van der Waals surface area contributed by atoms with Gasteiger partial charge in [-0.1, -0.05) is 0 Å². The zero-order chi connectivity index (χ0) is 24.9. The van der Waals surface area contributed by atoms with Crippen molar-refractivity contribution in [2.75, 3.05) is 10.6 Å². The van der Waals surface area contributed by atoms with Crippen LogP contribution in [0.4, 0.5) is 36.3 Å². The summed E-state index contributed by atoms with van der Waals surface area (Å²) in [5.41, 5.74) is 5.97. The first-order valence-corrected chi connectivity index (χ1v) is 10.6. The molecule has 1 aliphatic rings. The van der Waals surface area contributed by atoms with E-state index in [0.29, 0.717) is 41.0 Å². The maximum Gasteiger partial charge on any atom is 0.417 e. The maximum absolute atomic E-state index is 13.9. The smallest absolute Gasteiger partial charge is 0.408 e. The number of hydrogen-bond donors (Lipinski definition) is 4. The number of hydrogen-bond acceptors (Lipinski definition) is 7. The summed E-state index contributed by atoms with van der Waals surface area (Å²) in [6, 6.07) is 7.43. The highest BCUT2D eigenvalue weighted by Gasteiger charge is 2.43. The lowest BCUT2D eigenvalue weighted by Crippen LogP contribution is -2.21. The van der Waals surface area contributed by atoms with Gasteiger partial charge < -0.3 is 20.8 Å². The number of carbonyl (C=O) groups is 1. The predicted molar refractivity (Wildman–Crippen MR) is 122 cm³/mol. The summed E-state index contributed by atoms with van der Waals surface area (Å²) in [7, 11) is 0. The normalized spacial score (nSPS) is 13.7. The summed E-state index contributed by atoms with van der Waals surface area (Å²) in [6.07, 6.45) is -2.09. The van der Waals surface area contributed by atoms with E-state index in [-0.39, 0.29) is 23.1 Å². The quantitative estimate of drug-likeness (QED) is 0.311. The Morgan fingerprint density at radius 3 is 2.66 bits per heavy atom. The number of nitrogens with one attached hydrogen (secondary N) is 3. The Labute approximate surface area is 195 Å². The number of nitrogens with zero attached hydrogens (tertiary/aromatic N) is 2. The third kappa shape index (κ3) is 4.42. The Bertz CT molecular complexity index is 1520. The highest BCUT2D eigenvalue weighted by atomic mass is 19.4. The number of aromatic nitrogens is 3. The molecule has 0 bridgehead atoms. The molecule has 4 aromatic rings. The number of rotatable bonds is 6. The summed E-state index contributed by atoms with van der Waals surface area (Å²) in [5, 5.41) is 6.00. The van der Waals surface area contributed by atoms with Gasteiger partial charge in [0.2, 0.25) is 11.9 Å². The Morgan fingerprint density at radius 1 is 1.20 bits per heavy atom. The average Bonchev–Trinajstić information content (AvgIpc) is 3.55. The summed E-state index contributed by atoms with van der Waals surface area (Å²) < 4.78 is 46.8. The molecule has 180 valence electrons. The van der Waals surface area contributed by atoms with E-state index < -0.39 is 29.0 Å². The van der Waals surface area contributed by atoms with Crippen LogP contribution < -0.4 is 22.1 Å². The third-order valence-corrected chi connectivity index (χ3v) is 5.68. The van der Waals surface area contributed by atoms with Crippen molar-refractivity contribution in [1.82, 2.24) is 15.0 Å². The van der Waals surface area contributed by atoms with Crippen LogP contribution in [0.15, 0.2) is 45.7 Å². The van der Waals surface area contributed by atoms with Gasteiger partial charge in [-0.25, -0.2) is 9.78 Å². The van der Waals surface area contributed by atoms with Crippen LogP contribution in [-0.2, 0) is 6.18 Å². The fraction of sp³-hybridized carbons (Fsp3) is 0.217. The molecule has 2 heterocycles. The molecule has 0 unspecified atom stereocenters. The number of anilines is 4. The molecule has 5 N–H and O–H groups in total. The zero-order valence-electron chi connectivity index (χ0n) is 18.3. The minimum atomic E-state index is -4.76. The molecule has 0 radical (unpaired) electrons. The standard InChI is InChI=1S/C23H19F3N6O3/c1-10-9-28-21(32-20(10)29-12-4-7-16-15(8-12)31-22(34)35-16)30-14-6-5-13(19(27)33)18(23(24,25)26)17(14)11-2-3-11/h4-9,11H,2-3H2,1H3,(H2,27,33)(H,31,34)(H2,28,29,30,32). The van der Waals surface area contributed by atoms with E-state index in [1.165, 1.54) is 12.3 Å². The second-order valence-corrected chi connectivity index (χ2v) is 8.29. The first-order valence-electron chi connectivity index (χ1n) is 10.6. The Morgan fingerprint density at radius 2 is 1.97 bits per heavy atom. The van der Waals surface area contributed by atoms with Gasteiger partial charge in [0.15, 0.2) is 5.58 Å². The van der Waals surface area contributed by atoms with Gasteiger partial charge in [-0.3, -0.25) is 9.78 Å². The summed E-state index contributed by atoms with van der Waals surface area (Å²) >= 11 is 0. The molecule has 0 atom stereocenters. The molecule has 1 amide bonds. The molecule has 1 aliphatic carbocycles. The number of nitrogens with two attached hydrogens (primary N) is 1. The Hall–Kier alpha value is -4.35. The third-order valence-electron chi connectivity index (χ3n) is 5.68. The van der Waals surface area contributed by atoms with Crippen molar-refractivity contribution in [3.8, 4) is 0 Å². The van der Waals surface area contributed by atoms with Gasteiger partial charge in [0.25, 0.3) is 0 Å². The molecule has 2 aromatic carbocycles. The van der Waals surface area contributed by atoms with Gasteiger partial charge in [-0.2, -0.15) is 18.2 Å². The van der Waals surface area contributed by atoms with Crippen LogP contribution in [0.5, 0.6) is 0 Å². The lowest BCUT2D eigenvalue weighted by Gasteiger charge is -2.20. The molecule has 5 rings (SSSR count). The minimum Gasteiger partial charge on any atom is -0.408 e. The SMILES string of the molecule is Cc1cnc(Nc2ccc(C(N)=O)c(C(F)(F)F)c2C2CC2)nc1Nc1ccc2oc(=O)[nH]c2c1. The minimum absolute atomic E-state index is 0.0122. The van der Waals surface area contributed by atoms with E-state index in [0.717, 1.165) is 6.07 Å². The van der Waals surface area contributed by atoms with Gasteiger partial charge >= 0.3 is 11.9 Å². The monoisotopic (exact) mass is 484 g/mol. The molecule has 12 heteroatoms. The zero-order valence-corrected chi connectivity index (χ0v) is 18.3. The van der Waals surface area contributed by atoms with E-state index in [1.807, 2.05) is 0 Å². The first-order chi connectivity index (χ1) is 16.6. The van der Waals surface area contributed by atoms with Crippen LogP contribution in [-0.4, -0.2) is 20.9 Å². The number of fused-ring (bicyclic) bond motifs is 1. The summed E-state index contributed by atoms with van der Waals surface area (Å²) in [4.78, 5) is 34.3. The highest BCUT2D eigenvalue weighted by Crippen LogP contribution is 2.50. The molecule has 1 saturated carbocycles. The molecule has 0 aliphatic heterocycles. The molecule has 0 spiro atoms. The molecular weight excluding hydrogens is 465 g/mol. The molecule has 1 fully saturated rings. The van der Waals surface area contributed by atoms with E-state index >= 15 is 0 Å². The lowest BCUT2D eigenvalue weighted by atomic mass is 9.94. The molecule has 0 saturated heterocycles. The van der Waals surface area contributed by atoms with Crippen molar-refractivity contribution >= 4 is 40.1 Å². The van der Waals surface area contributed by atoms with Crippen molar-refractivity contribution in [3.05, 3.63) is 69.3 Å². The second-order valence-electron chi connectivity index (χ2n) is 8.29. The Balaban J connectivity index is 1.50. The van der Waals surface area contributed by atoms with Crippen LogP contribution in [0.2, 0.25) is 0 Å². The number of primary amides is 1. The first kappa shape index (κ1) is 22.4. The van der Waals surface area contributed by atoms with Crippen molar-refractivity contribution in [1.29, 1.82) is 0 Å². The fourth-order valence-electron chi connectivity index (χ4n) is 3.95. The number of benzene rings is 2. The van der Waals surface area contributed by atoms with E-state index in [2.05, 4.69) is 25.6 Å². The lowest BCUT2D eigenvalue weighted by molar-refractivity contribution is -0.138. The van der Waals surface area contributed by atoms with Crippen molar-refractivity contribution < 1.29 is 22.4 Å². The number of aryl methyl sites for hydroxylation is 1. The maximum atomic E-state index is 13.9.